The fraction of sp³-hybridized carbons (Fsp3) is 0.500. The van der Waals surface area contributed by atoms with Gasteiger partial charge in [0.2, 0.25) is 0 Å². The molecule has 0 N–H and O–H groups in total. The van der Waals surface area contributed by atoms with E-state index in [1.165, 1.54) is 6.34 Å². The van der Waals surface area contributed by atoms with Gasteiger partial charge in [-0.05, 0) is 19.3 Å². The van der Waals surface area contributed by atoms with Crippen molar-refractivity contribution < 1.29 is 4.79 Å². The van der Waals surface area contributed by atoms with E-state index in [4.69, 9.17) is 0 Å². The van der Waals surface area contributed by atoms with Crippen LogP contribution in [0.1, 0.15) is 25.7 Å². The predicted octanol–water partition coefficient (Wildman–Crippen LogP) is 1.03. The van der Waals surface area contributed by atoms with Crippen molar-refractivity contribution in [3.63, 3.8) is 0 Å². The molecule has 0 saturated carbocycles. The minimum absolute atomic E-state index is 0.195. The zero-order chi connectivity index (χ0) is 11.8. The van der Waals surface area contributed by atoms with Gasteiger partial charge >= 0.3 is 0 Å². The fourth-order valence-corrected chi connectivity index (χ4v) is 2.74. The molecular formula is C12H12N4O. The van der Waals surface area contributed by atoms with Gasteiger partial charge in [-0.25, -0.2) is 4.99 Å². The zero-order valence-corrected chi connectivity index (χ0v) is 9.39. The van der Waals surface area contributed by atoms with Gasteiger partial charge in [0.25, 0.3) is 5.91 Å². The van der Waals surface area contributed by atoms with Crippen molar-refractivity contribution in [1.29, 1.82) is 5.26 Å². The first kappa shape index (κ1) is 10.2. The maximum atomic E-state index is 11.8. The van der Waals surface area contributed by atoms with Crippen LogP contribution in [0.25, 0.3) is 0 Å². The summed E-state index contributed by atoms with van der Waals surface area (Å²) in [6.07, 6.45) is 5.41. The zero-order valence-electron chi connectivity index (χ0n) is 9.39. The average molecular weight is 228 g/mol. The molecule has 3 aliphatic rings. The van der Waals surface area contributed by atoms with E-state index in [1.54, 1.807) is 0 Å². The van der Waals surface area contributed by atoms with Crippen LogP contribution in [-0.2, 0) is 4.79 Å². The highest BCUT2D eigenvalue weighted by atomic mass is 16.2. The third kappa shape index (κ3) is 1.41. The summed E-state index contributed by atoms with van der Waals surface area (Å²) in [5, 5.41) is 9.25. The molecule has 0 aliphatic carbocycles. The number of aliphatic imine (C=N–C) groups is 2. The smallest absolute Gasteiger partial charge is 0.276 e. The highest BCUT2D eigenvalue weighted by molar-refractivity contribution is 6.25. The number of hydrogen-bond donors (Lipinski definition) is 0. The van der Waals surface area contributed by atoms with Gasteiger partial charge in [-0.1, -0.05) is 6.42 Å². The van der Waals surface area contributed by atoms with Crippen LogP contribution in [0.3, 0.4) is 0 Å². The lowest BCUT2D eigenvalue weighted by Crippen LogP contribution is -2.42. The highest BCUT2D eigenvalue weighted by Gasteiger charge is 2.43. The number of carbonyl (C=O) groups excluding carboxylic acids is 1. The number of nitriles is 1. The van der Waals surface area contributed by atoms with E-state index in [0.29, 0.717) is 11.3 Å². The first-order valence-corrected chi connectivity index (χ1v) is 5.87. The minimum atomic E-state index is -0.428. The Morgan fingerprint density at radius 2 is 2.29 bits per heavy atom. The number of hydrogen-bond acceptors (Lipinski definition) is 4. The van der Waals surface area contributed by atoms with Gasteiger partial charge in [0, 0.05) is 12.2 Å². The molecule has 0 aromatic heterocycles. The second kappa shape index (κ2) is 3.81. The molecule has 3 heterocycles. The molecule has 5 heteroatoms. The summed E-state index contributed by atoms with van der Waals surface area (Å²) in [4.78, 5) is 21.7. The molecule has 1 fully saturated rings. The van der Waals surface area contributed by atoms with Gasteiger partial charge < -0.3 is 4.90 Å². The maximum Gasteiger partial charge on any atom is 0.276 e. The van der Waals surface area contributed by atoms with Crippen molar-refractivity contribution in [2.24, 2.45) is 9.98 Å². The van der Waals surface area contributed by atoms with Gasteiger partial charge in [-0.2, -0.15) is 10.3 Å². The van der Waals surface area contributed by atoms with Crippen LogP contribution in [-0.4, -0.2) is 35.4 Å². The van der Waals surface area contributed by atoms with Crippen LogP contribution in [0.5, 0.6) is 0 Å². The summed E-state index contributed by atoms with van der Waals surface area (Å²) in [5.74, 6) is -0.195. The molecule has 1 unspecified atom stereocenters. The topological polar surface area (TPSA) is 68.8 Å². The first-order chi connectivity index (χ1) is 8.33. The molecule has 0 aromatic carbocycles. The average Bonchev–Trinajstić information content (AvgIpc) is 2.49. The van der Waals surface area contributed by atoms with Crippen molar-refractivity contribution >= 4 is 18.0 Å². The lowest BCUT2D eigenvalue weighted by Gasteiger charge is -2.26. The van der Waals surface area contributed by atoms with Gasteiger partial charge in [0.05, 0.1) is 11.3 Å². The third-order valence-electron chi connectivity index (χ3n) is 3.50. The molecular weight excluding hydrogens is 216 g/mol. The lowest BCUT2D eigenvalue weighted by atomic mass is 10.0. The van der Waals surface area contributed by atoms with E-state index in [0.717, 1.165) is 37.9 Å². The van der Waals surface area contributed by atoms with Gasteiger partial charge in [-0.3, -0.25) is 4.79 Å². The van der Waals surface area contributed by atoms with E-state index in [2.05, 4.69) is 16.1 Å². The number of fused-ring (bicyclic) bond motifs is 3. The molecule has 0 spiro atoms. The van der Waals surface area contributed by atoms with Crippen molar-refractivity contribution in [1.82, 2.24) is 4.90 Å². The predicted molar refractivity (Wildman–Crippen MR) is 62.5 cm³/mol. The van der Waals surface area contributed by atoms with Crippen LogP contribution in [0.4, 0.5) is 0 Å². The lowest BCUT2D eigenvalue weighted by molar-refractivity contribution is -0.120. The Hall–Kier alpha value is -1.96. The number of amides is 1. The van der Waals surface area contributed by atoms with Crippen molar-refractivity contribution in [2.75, 3.05) is 6.54 Å². The van der Waals surface area contributed by atoms with Gasteiger partial charge in [0.15, 0.2) is 6.04 Å². The minimum Gasteiger partial charge on any atom is -0.357 e. The van der Waals surface area contributed by atoms with Crippen LogP contribution < -0.4 is 0 Å². The van der Waals surface area contributed by atoms with Crippen LogP contribution in [0.15, 0.2) is 21.3 Å². The normalized spacial score (nSPS) is 27.2. The molecule has 0 radical (unpaired) electrons. The Bertz CT molecular complexity index is 509. The second-order valence-corrected chi connectivity index (χ2v) is 4.44. The number of carbonyl (C=O) groups is 1. The quantitative estimate of drug-likeness (QED) is 0.621. The monoisotopic (exact) mass is 228 g/mol. The molecule has 17 heavy (non-hydrogen) atoms. The van der Waals surface area contributed by atoms with E-state index >= 15 is 0 Å². The summed E-state index contributed by atoms with van der Waals surface area (Å²) in [5.41, 5.74) is 2.19. The van der Waals surface area contributed by atoms with Crippen LogP contribution in [0, 0.1) is 11.3 Å². The Kier molecular flexibility index (Phi) is 2.29. The Morgan fingerprint density at radius 1 is 1.41 bits per heavy atom. The van der Waals surface area contributed by atoms with E-state index in [9.17, 15) is 10.1 Å². The van der Waals surface area contributed by atoms with Crippen LogP contribution >= 0.6 is 0 Å². The fourth-order valence-electron chi connectivity index (χ4n) is 2.74. The Labute approximate surface area is 99.2 Å². The summed E-state index contributed by atoms with van der Waals surface area (Å²) >= 11 is 0. The molecule has 86 valence electrons. The van der Waals surface area contributed by atoms with Crippen molar-refractivity contribution in [3.05, 3.63) is 11.3 Å². The standard InChI is InChI=1S/C12H12N4O/c13-6-8-9-4-2-1-3-5-16(9)11-10(8)14-7-15-12(11)17/h7,11H,1-5H2. The molecule has 3 rings (SSSR count). The molecule has 1 amide bonds. The summed E-state index contributed by atoms with van der Waals surface area (Å²) in [6, 6.07) is 1.78. The van der Waals surface area contributed by atoms with E-state index in [1.807, 2.05) is 4.90 Å². The first-order valence-electron chi connectivity index (χ1n) is 5.87. The molecule has 3 aliphatic heterocycles. The van der Waals surface area contributed by atoms with Crippen molar-refractivity contribution in [3.8, 4) is 6.07 Å². The van der Waals surface area contributed by atoms with Crippen molar-refractivity contribution in [2.45, 2.75) is 31.7 Å². The molecule has 0 bridgehead atoms. The third-order valence-corrected chi connectivity index (χ3v) is 3.50. The van der Waals surface area contributed by atoms with E-state index in [-0.39, 0.29) is 5.91 Å². The summed E-state index contributed by atoms with van der Waals surface area (Å²) in [6.45, 7) is 0.825. The van der Waals surface area contributed by atoms with Crippen LogP contribution in [0.2, 0.25) is 0 Å². The number of allylic oxidation sites excluding steroid dienone is 1. The number of nitrogens with zero attached hydrogens (tertiary/aromatic N) is 4. The molecule has 5 nitrogen and oxygen atoms in total. The molecule has 1 atom stereocenters. The summed E-state index contributed by atoms with van der Waals surface area (Å²) < 4.78 is 0. The van der Waals surface area contributed by atoms with E-state index < -0.39 is 6.04 Å². The Balaban J connectivity index is 2.11. The largest absolute Gasteiger partial charge is 0.357 e. The van der Waals surface area contributed by atoms with Gasteiger partial charge in [-0.15, -0.1) is 0 Å². The highest BCUT2D eigenvalue weighted by Crippen LogP contribution is 2.34. The maximum absolute atomic E-state index is 11.8. The molecule has 1 saturated heterocycles. The number of rotatable bonds is 0. The molecule has 0 aromatic rings. The SMILES string of the molecule is N#CC1=C2CCCCCN2C2C(=O)N=CN=C12. The second-order valence-electron chi connectivity index (χ2n) is 4.44. The van der Waals surface area contributed by atoms with Gasteiger partial charge in [0.1, 0.15) is 12.4 Å². The summed E-state index contributed by atoms with van der Waals surface area (Å²) in [7, 11) is 0. The Morgan fingerprint density at radius 3 is 3.12 bits per heavy atom.